The van der Waals surface area contributed by atoms with Crippen LogP contribution in [0.4, 0.5) is 0 Å². The van der Waals surface area contributed by atoms with Gasteiger partial charge in [-0.25, -0.2) is 9.13 Å². The Labute approximate surface area is 585 Å². The van der Waals surface area contributed by atoms with Crippen molar-refractivity contribution in [2.45, 2.75) is 380 Å². The molecular weight excluding hydrogens is 1260 g/mol. The lowest BCUT2D eigenvalue weighted by Crippen LogP contribution is -2.30. The zero-order valence-corrected chi connectivity index (χ0v) is 63.1. The van der Waals surface area contributed by atoms with Gasteiger partial charge in [-0.05, 0) is 103 Å². The lowest BCUT2D eigenvalue weighted by molar-refractivity contribution is -0.161. The van der Waals surface area contributed by atoms with Gasteiger partial charge in [0.05, 0.1) is 26.4 Å². The third kappa shape index (κ3) is 69.5. The zero-order valence-electron chi connectivity index (χ0n) is 61.3. The van der Waals surface area contributed by atoms with Crippen LogP contribution in [0.25, 0.3) is 0 Å². The molecule has 0 heterocycles. The van der Waals surface area contributed by atoms with E-state index < -0.39 is 97.5 Å². The van der Waals surface area contributed by atoms with Crippen molar-refractivity contribution in [1.82, 2.24) is 0 Å². The molecule has 0 radical (unpaired) electrons. The van der Waals surface area contributed by atoms with Crippen molar-refractivity contribution in [2.24, 2.45) is 0 Å². The summed E-state index contributed by atoms with van der Waals surface area (Å²) in [6, 6.07) is 0. The maximum atomic E-state index is 13.1. The summed E-state index contributed by atoms with van der Waals surface area (Å²) in [7, 11) is -9.94. The van der Waals surface area contributed by atoms with Crippen LogP contribution in [0, 0.1) is 0 Å². The fourth-order valence-corrected chi connectivity index (χ4v) is 12.4. The summed E-state index contributed by atoms with van der Waals surface area (Å²) in [4.78, 5) is 72.8. The van der Waals surface area contributed by atoms with Crippen molar-refractivity contribution in [2.75, 3.05) is 39.6 Å². The minimum Gasteiger partial charge on any atom is -0.462 e. The second-order valence-corrected chi connectivity index (χ2v) is 29.2. The predicted octanol–water partition coefficient (Wildman–Crippen LogP) is 22.1. The van der Waals surface area contributed by atoms with Crippen molar-refractivity contribution in [3.8, 4) is 0 Å². The van der Waals surface area contributed by atoms with E-state index in [0.717, 1.165) is 135 Å². The first-order valence-corrected chi connectivity index (χ1v) is 41.9. The molecule has 0 spiro atoms. The molecule has 0 rings (SSSR count). The quantitative estimate of drug-likeness (QED) is 0.0128. The molecule has 17 nitrogen and oxygen atoms in total. The zero-order chi connectivity index (χ0) is 70.4. The van der Waals surface area contributed by atoms with E-state index in [-0.39, 0.29) is 25.7 Å². The number of carbonyl (C=O) groups is 4. The van der Waals surface area contributed by atoms with E-state index in [1.165, 1.54) is 148 Å². The first-order valence-electron chi connectivity index (χ1n) is 38.9. The van der Waals surface area contributed by atoms with Crippen LogP contribution in [0.3, 0.4) is 0 Å². The molecule has 0 aromatic carbocycles. The highest BCUT2D eigenvalue weighted by Gasteiger charge is 2.30. The van der Waals surface area contributed by atoms with Gasteiger partial charge in [0.25, 0.3) is 0 Å². The molecule has 3 N–H and O–H groups in total. The number of carbonyl (C=O) groups excluding carboxylic acids is 4. The van der Waals surface area contributed by atoms with E-state index in [4.69, 9.17) is 37.0 Å². The Bertz CT molecular complexity index is 2010. The van der Waals surface area contributed by atoms with Gasteiger partial charge in [0.2, 0.25) is 0 Å². The van der Waals surface area contributed by atoms with Crippen LogP contribution in [0.5, 0.6) is 0 Å². The largest absolute Gasteiger partial charge is 0.472 e. The van der Waals surface area contributed by atoms with Crippen molar-refractivity contribution in [3.63, 3.8) is 0 Å². The van der Waals surface area contributed by atoms with E-state index in [1.807, 2.05) is 0 Å². The standard InChI is InChI=1S/C77H142O17P2/c1-5-9-13-17-21-25-29-33-35-39-42-46-50-54-58-62-75(80)88-68-73(94-77(82)64-60-56-52-48-44-40-36-34-30-26-22-18-14-10-6-2)70-92-96(85,86)90-66-71(78)65-89-95(83,84)91-69-72(93-76(81)63-59-55-51-47-43-38-32-28-24-20-16-12-8-4)67-87-74(79)61-57-53-49-45-41-37-31-27-23-19-15-11-7-3/h25,28-29,32-36,71-73,78H,5-24,26-27,30-31,37-70H2,1-4H3,(H,83,84)(H,85,86)/b29-25-,32-28-,35-33-,36-34-/t71-,72-,73-/m1/s1. The molecule has 0 saturated carbocycles. The Hall–Kier alpha value is -2.98. The Morgan fingerprint density at radius 2 is 0.510 bits per heavy atom. The molecule has 0 aromatic rings. The third-order valence-electron chi connectivity index (χ3n) is 16.8. The summed E-state index contributed by atoms with van der Waals surface area (Å²) in [5.41, 5.74) is 0. The van der Waals surface area contributed by atoms with Crippen LogP contribution < -0.4 is 0 Å². The maximum Gasteiger partial charge on any atom is 0.472 e. The molecule has 0 amide bonds. The van der Waals surface area contributed by atoms with Gasteiger partial charge in [-0.3, -0.25) is 37.3 Å². The predicted molar refractivity (Wildman–Crippen MR) is 390 cm³/mol. The highest BCUT2D eigenvalue weighted by Crippen LogP contribution is 2.45. The number of aliphatic hydroxyl groups is 1. The third-order valence-corrected chi connectivity index (χ3v) is 18.7. The van der Waals surface area contributed by atoms with E-state index in [2.05, 4.69) is 76.3 Å². The number of unbranched alkanes of at least 4 members (excludes halogenated alkanes) is 41. The minimum absolute atomic E-state index is 0.0864. The second kappa shape index (κ2) is 70.5. The number of esters is 4. The molecule has 562 valence electrons. The molecule has 96 heavy (non-hydrogen) atoms. The van der Waals surface area contributed by atoms with Crippen LogP contribution in [0.15, 0.2) is 48.6 Å². The Kier molecular flexibility index (Phi) is 68.3. The average Bonchev–Trinajstić information content (AvgIpc) is 1.36. The molecule has 0 aromatic heterocycles. The Balaban J connectivity index is 5.33. The summed E-state index contributed by atoms with van der Waals surface area (Å²) < 4.78 is 68.5. The highest BCUT2D eigenvalue weighted by molar-refractivity contribution is 7.47. The molecule has 0 saturated heterocycles. The van der Waals surface area contributed by atoms with Crippen LogP contribution in [-0.2, 0) is 65.4 Å². The summed E-state index contributed by atoms with van der Waals surface area (Å²) >= 11 is 0. The molecule has 2 unspecified atom stereocenters. The van der Waals surface area contributed by atoms with Crippen molar-refractivity contribution in [1.29, 1.82) is 0 Å². The van der Waals surface area contributed by atoms with Crippen LogP contribution in [0.2, 0.25) is 0 Å². The summed E-state index contributed by atoms with van der Waals surface area (Å²) in [5.74, 6) is -2.18. The molecule has 0 aliphatic carbocycles. The van der Waals surface area contributed by atoms with Gasteiger partial charge in [-0.1, -0.05) is 282 Å². The fourth-order valence-electron chi connectivity index (χ4n) is 10.8. The minimum atomic E-state index is -4.97. The molecule has 0 fully saturated rings. The molecule has 19 heteroatoms. The number of aliphatic hydroxyl groups excluding tert-OH is 1. The monoisotopic (exact) mass is 1400 g/mol. The van der Waals surface area contributed by atoms with Gasteiger partial charge in [-0.2, -0.15) is 0 Å². The number of ether oxygens (including phenoxy) is 4. The lowest BCUT2D eigenvalue weighted by atomic mass is 10.0. The smallest absolute Gasteiger partial charge is 0.462 e. The van der Waals surface area contributed by atoms with E-state index in [9.17, 15) is 43.2 Å². The van der Waals surface area contributed by atoms with E-state index in [0.29, 0.717) is 25.7 Å². The average molecular weight is 1400 g/mol. The van der Waals surface area contributed by atoms with Crippen molar-refractivity contribution >= 4 is 39.5 Å². The molecule has 0 aliphatic rings. The maximum absolute atomic E-state index is 13.1. The number of hydrogen-bond acceptors (Lipinski definition) is 15. The number of allylic oxidation sites excluding steroid dienone is 8. The van der Waals surface area contributed by atoms with Crippen molar-refractivity contribution < 1.29 is 80.2 Å². The molecular formula is C77H142O17P2. The topological polar surface area (TPSA) is 237 Å². The van der Waals surface area contributed by atoms with Gasteiger partial charge in [-0.15, -0.1) is 0 Å². The van der Waals surface area contributed by atoms with Crippen molar-refractivity contribution in [3.05, 3.63) is 48.6 Å². The van der Waals surface area contributed by atoms with Crippen LogP contribution in [0.1, 0.15) is 362 Å². The fraction of sp³-hybridized carbons (Fsp3) is 0.844. The number of phosphoric ester groups is 2. The summed E-state index contributed by atoms with van der Waals surface area (Å²) in [6.45, 7) is 4.86. The highest BCUT2D eigenvalue weighted by atomic mass is 31.2. The van der Waals surface area contributed by atoms with Gasteiger partial charge in [0, 0.05) is 25.7 Å². The molecule has 0 aliphatic heterocycles. The molecule has 0 bridgehead atoms. The van der Waals surface area contributed by atoms with E-state index in [1.54, 1.807) is 0 Å². The van der Waals surface area contributed by atoms with Gasteiger partial charge in [0.15, 0.2) is 12.2 Å². The Morgan fingerprint density at radius 1 is 0.292 bits per heavy atom. The van der Waals surface area contributed by atoms with Crippen LogP contribution in [-0.4, -0.2) is 96.7 Å². The second-order valence-electron chi connectivity index (χ2n) is 26.3. The lowest BCUT2D eigenvalue weighted by Gasteiger charge is -2.21. The van der Waals surface area contributed by atoms with Gasteiger partial charge >= 0.3 is 39.5 Å². The SMILES string of the molecule is CCCCCC/C=C\C=C/CCCCCCCC(=O)OC[C@H](COP(=O)(O)OC[C@H](O)COP(=O)(O)OC[C@@H](COC(=O)CCCCCCCCCCCCCCC)OC(=O)CCCCCCC/C=C\CCCCCC)OC(=O)CCCCCCC/C=C\CCCCCCCC. The first-order chi connectivity index (χ1) is 46.7. The normalized spacial score (nSPS) is 14.2. The number of phosphoric acid groups is 2. The molecule has 5 atom stereocenters. The first kappa shape index (κ1) is 93.0. The van der Waals surface area contributed by atoms with Crippen LogP contribution >= 0.6 is 15.6 Å². The van der Waals surface area contributed by atoms with E-state index >= 15 is 0 Å². The number of rotatable bonds is 74. The number of hydrogen-bond donors (Lipinski definition) is 3. The summed E-state index contributed by atoms with van der Waals surface area (Å²) in [5, 5.41) is 10.6. The summed E-state index contributed by atoms with van der Waals surface area (Å²) in [6.07, 6.45) is 66.6. The Morgan fingerprint density at radius 3 is 0.792 bits per heavy atom. The van der Waals surface area contributed by atoms with Gasteiger partial charge < -0.3 is 33.8 Å². The van der Waals surface area contributed by atoms with Gasteiger partial charge in [0.1, 0.15) is 19.3 Å².